The number of benzene rings is 1. The third kappa shape index (κ3) is 7.49. The number of imidazole rings is 1. The maximum absolute atomic E-state index is 13.8. The van der Waals surface area contributed by atoms with Crippen molar-refractivity contribution in [3.8, 4) is 11.3 Å². The molecule has 2 atom stereocenters. The number of halogens is 5. The van der Waals surface area contributed by atoms with Crippen molar-refractivity contribution in [2.24, 2.45) is 5.41 Å². The zero-order valence-corrected chi connectivity index (χ0v) is 25.1. The van der Waals surface area contributed by atoms with E-state index in [4.69, 9.17) is 0 Å². The molecular formula is C29H33F5N8O3. The molecule has 3 heterocycles. The van der Waals surface area contributed by atoms with Crippen molar-refractivity contribution in [3.05, 3.63) is 59.8 Å². The zero-order valence-electron chi connectivity index (χ0n) is 25.1. The van der Waals surface area contributed by atoms with E-state index in [1.165, 1.54) is 23.0 Å². The fourth-order valence-corrected chi connectivity index (χ4v) is 5.17. The van der Waals surface area contributed by atoms with E-state index in [1.807, 2.05) is 27.7 Å². The number of carbonyl (C=O) groups is 2. The minimum absolute atomic E-state index is 0.0235. The highest BCUT2D eigenvalue weighted by Gasteiger charge is 2.39. The van der Waals surface area contributed by atoms with Gasteiger partial charge in [0.2, 0.25) is 0 Å². The number of fused-ring (bicyclic) bond motifs is 1. The third-order valence-corrected chi connectivity index (χ3v) is 7.12. The molecule has 4 aromatic rings. The van der Waals surface area contributed by atoms with Gasteiger partial charge in [-0.3, -0.25) is 13.9 Å². The number of amides is 2. The van der Waals surface area contributed by atoms with Crippen LogP contribution in [-0.4, -0.2) is 59.8 Å². The minimum Gasteiger partial charge on any atom is -0.465 e. The van der Waals surface area contributed by atoms with Gasteiger partial charge < -0.3 is 21.1 Å². The van der Waals surface area contributed by atoms with E-state index in [2.05, 4.69) is 31.0 Å². The van der Waals surface area contributed by atoms with Gasteiger partial charge in [-0.1, -0.05) is 27.7 Å². The Morgan fingerprint density at radius 3 is 2.40 bits per heavy atom. The molecule has 3 aromatic heterocycles. The fourth-order valence-electron chi connectivity index (χ4n) is 5.17. The number of rotatable bonds is 10. The summed E-state index contributed by atoms with van der Waals surface area (Å²) in [5.41, 5.74) is -0.513. The van der Waals surface area contributed by atoms with Crippen LogP contribution in [-0.2, 0) is 19.1 Å². The second-order valence-electron chi connectivity index (χ2n) is 11.5. The van der Waals surface area contributed by atoms with Crippen molar-refractivity contribution in [1.29, 1.82) is 0 Å². The monoisotopic (exact) mass is 636 g/mol. The molecule has 1 unspecified atom stereocenters. The number of aryl methyl sites for hydroxylation is 1. The van der Waals surface area contributed by atoms with Gasteiger partial charge in [0, 0.05) is 35.9 Å². The Bertz CT molecular complexity index is 1690. The lowest BCUT2D eigenvalue weighted by Crippen LogP contribution is -2.56. The molecule has 0 saturated heterocycles. The van der Waals surface area contributed by atoms with Crippen LogP contribution in [0.4, 0.5) is 38.3 Å². The molecule has 2 amide bonds. The molecule has 0 aliphatic heterocycles. The van der Waals surface area contributed by atoms with Crippen molar-refractivity contribution in [3.63, 3.8) is 0 Å². The lowest BCUT2D eigenvalue weighted by atomic mass is 9.82. The van der Waals surface area contributed by atoms with Crippen LogP contribution in [0.15, 0.2) is 43.0 Å². The Kier molecular flexibility index (Phi) is 9.35. The van der Waals surface area contributed by atoms with Gasteiger partial charge in [0.25, 0.3) is 12.3 Å². The van der Waals surface area contributed by atoms with Crippen molar-refractivity contribution >= 4 is 29.2 Å². The smallest absolute Gasteiger partial charge is 0.435 e. The summed E-state index contributed by atoms with van der Waals surface area (Å²) in [7, 11) is 0. The molecule has 1 aromatic carbocycles. The molecular weight excluding hydrogens is 603 g/mol. The van der Waals surface area contributed by atoms with Crippen LogP contribution < -0.4 is 16.0 Å². The van der Waals surface area contributed by atoms with E-state index in [0.29, 0.717) is 27.9 Å². The van der Waals surface area contributed by atoms with Crippen LogP contribution in [0.3, 0.4) is 0 Å². The Labute approximate surface area is 254 Å². The summed E-state index contributed by atoms with van der Waals surface area (Å²) in [5, 5.41) is 21.1. The minimum atomic E-state index is -4.90. The number of carboxylic acid groups (broad SMARTS) is 1. The second kappa shape index (κ2) is 12.7. The summed E-state index contributed by atoms with van der Waals surface area (Å²) in [4.78, 5) is 33.1. The molecule has 4 N–H and O–H groups in total. The number of nitrogens with one attached hydrogen (secondary N) is 3. The van der Waals surface area contributed by atoms with Crippen molar-refractivity contribution in [1.82, 2.24) is 34.8 Å². The molecule has 11 nitrogen and oxygen atoms in total. The highest BCUT2D eigenvalue weighted by molar-refractivity contribution is 5.96. The second-order valence-corrected chi connectivity index (χ2v) is 11.5. The highest BCUT2D eigenvalue weighted by atomic mass is 19.4. The SMILES string of the molecule is CCc1cc(Nc2nccn3c(-c4cn(CC(F)F)nc4C(F)(F)F)cnc23)ccc1C(=O)N[C@H](C)C(NC(=O)O)C(C)(C)C. The first-order chi connectivity index (χ1) is 21.0. The van der Waals surface area contributed by atoms with Gasteiger partial charge in [-0.15, -0.1) is 0 Å². The molecule has 0 radical (unpaired) electrons. The number of anilines is 2. The Morgan fingerprint density at radius 1 is 1.09 bits per heavy atom. The van der Waals surface area contributed by atoms with Crippen molar-refractivity contribution in [2.45, 2.75) is 72.3 Å². The molecule has 0 bridgehead atoms. The standard InChI is InChI=1S/C29H33F5N8O3/c1-6-16-11-17(7-8-18(16)26(43)37-15(2)22(28(3,4)5)39-27(44)45)38-24-25-36-12-20(42(25)10-9-35-24)19-13-41(14-21(30)31)40-23(19)29(32,33)34/h7-13,15,21-22,39H,6,14H2,1-5H3,(H,35,38)(H,37,43)(H,44,45)/t15-,22?/m1/s1. The van der Waals surface area contributed by atoms with E-state index in [1.54, 1.807) is 25.1 Å². The van der Waals surface area contributed by atoms with E-state index < -0.39 is 59.9 Å². The molecule has 45 heavy (non-hydrogen) atoms. The van der Waals surface area contributed by atoms with Gasteiger partial charge in [-0.25, -0.2) is 23.5 Å². The molecule has 0 aliphatic carbocycles. The largest absolute Gasteiger partial charge is 0.465 e. The maximum Gasteiger partial charge on any atom is 0.435 e. The predicted octanol–water partition coefficient (Wildman–Crippen LogP) is 5.98. The zero-order chi connectivity index (χ0) is 33.3. The van der Waals surface area contributed by atoms with Gasteiger partial charge in [-0.2, -0.15) is 18.3 Å². The van der Waals surface area contributed by atoms with Crippen LogP contribution in [0.25, 0.3) is 16.9 Å². The summed E-state index contributed by atoms with van der Waals surface area (Å²) in [6, 6.07) is 3.85. The van der Waals surface area contributed by atoms with E-state index >= 15 is 0 Å². The average Bonchev–Trinajstić information content (AvgIpc) is 3.55. The molecule has 0 spiro atoms. The molecule has 0 fully saturated rings. The number of hydrogen-bond donors (Lipinski definition) is 4. The van der Waals surface area contributed by atoms with Gasteiger partial charge in [0.05, 0.1) is 23.5 Å². The molecule has 0 saturated carbocycles. The Balaban J connectivity index is 1.62. The van der Waals surface area contributed by atoms with E-state index in [0.717, 1.165) is 6.20 Å². The topological polar surface area (TPSA) is 138 Å². The highest BCUT2D eigenvalue weighted by Crippen LogP contribution is 2.37. The number of alkyl halides is 5. The van der Waals surface area contributed by atoms with Crippen LogP contribution in [0.5, 0.6) is 0 Å². The quantitative estimate of drug-likeness (QED) is 0.157. The average molecular weight is 637 g/mol. The maximum atomic E-state index is 13.8. The first-order valence-corrected chi connectivity index (χ1v) is 13.9. The Morgan fingerprint density at radius 2 is 1.80 bits per heavy atom. The molecule has 16 heteroatoms. The van der Waals surface area contributed by atoms with Crippen LogP contribution in [0.1, 0.15) is 56.2 Å². The fraction of sp³-hybridized carbons (Fsp3) is 0.414. The van der Waals surface area contributed by atoms with E-state index in [-0.39, 0.29) is 17.2 Å². The first-order valence-electron chi connectivity index (χ1n) is 13.9. The lowest BCUT2D eigenvalue weighted by Gasteiger charge is -2.35. The molecule has 242 valence electrons. The number of aromatic nitrogens is 5. The third-order valence-electron chi connectivity index (χ3n) is 7.12. The predicted molar refractivity (Wildman–Crippen MR) is 156 cm³/mol. The van der Waals surface area contributed by atoms with E-state index in [9.17, 15) is 36.6 Å². The van der Waals surface area contributed by atoms with Crippen molar-refractivity contribution in [2.75, 3.05) is 5.32 Å². The van der Waals surface area contributed by atoms with Crippen molar-refractivity contribution < 1.29 is 36.6 Å². The van der Waals surface area contributed by atoms with Gasteiger partial charge in [0.1, 0.15) is 6.54 Å². The number of nitrogens with zero attached hydrogens (tertiary/aromatic N) is 5. The number of carbonyl (C=O) groups excluding carboxylic acids is 1. The van der Waals surface area contributed by atoms with Crippen LogP contribution >= 0.6 is 0 Å². The first kappa shape index (κ1) is 33.1. The van der Waals surface area contributed by atoms with Crippen LogP contribution in [0.2, 0.25) is 0 Å². The summed E-state index contributed by atoms with van der Waals surface area (Å²) >= 11 is 0. The Hall–Kier alpha value is -4.76. The summed E-state index contributed by atoms with van der Waals surface area (Å²) < 4.78 is 68.9. The van der Waals surface area contributed by atoms with Crippen LogP contribution in [0, 0.1) is 5.41 Å². The normalized spacial score (nSPS) is 13.6. The number of hydrogen-bond acceptors (Lipinski definition) is 6. The summed E-state index contributed by atoms with van der Waals surface area (Å²) in [6.07, 6.45) is -3.70. The van der Waals surface area contributed by atoms with Gasteiger partial charge in [-0.05, 0) is 42.5 Å². The molecule has 4 rings (SSSR count). The lowest BCUT2D eigenvalue weighted by molar-refractivity contribution is -0.141. The summed E-state index contributed by atoms with van der Waals surface area (Å²) in [6.45, 7) is 8.16. The molecule has 0 aliphatic rings. The van der Waals surface area contributed by atoms with Gasteiger partial charge in [0.15, 0.2) is 17.2 Å². The van der Waals surface area contributed by atoms with Gasteiger partial charge >= 0.3 is 12.3 Å². The summed E-state index contributed by atoms with van der Waals surface area (Å²) in [5.74, 6) is -0.198.